The molecule has 0 aliphatic carbocycles. The van der Waals surface area contributed by atoms with E-state index >= 15 is 0 Å². The lowest BCUT2D eigenvalue weighted by Gasteiger charge is -2.11. The fourth-order valence-corrected chi connectivity index (χ4v) is 1.86. The summed E-state index contributed by atoms with van der Waals surface area (Å²) in [6.45, 7) is 3.87. The summed E-state index contributed by atoms with van der Waals surface area (Å²) in [5.74, 6) is -0.959. The van der Waals surface area contributed by atoms with Crippen molar-refractivity contribution in [3.05, 3.63) is 41.5 Å². The van der Waals surface area contributed by atoms with E-state index in [1.807, 2.05) is 38.1 Å². The van der Waals surface area contributed by atoms with E-state index in [9.17, 15) is 9.59 Å². The topological polar surface area (TPSA) is 66.4 Å². The number of hydrogen-bond donors (Lipinski definition) is 2. The van der Waals surface area contributed by atoms with Gasteiger partial charge in [0.1, 0.15) is 0 Å². The number of benzene rings is 1. The Kier molecular flexibility index (Phi) is 6.50. The van der Waals surface area contributed by atoms with E-state index in [2.05, 4.69) is 5.32 Å². The third kappa shape index (κ3) is 6.18. The number of carbonyl (C=O) groups is 2. The molecular weight excluding hydrogens is 254 g/mol. The molecule has 1 amide bonds. The number of nitrogens with one attached hydrogen (secondary N) is 1. The van der Waals surface area contributed by atoms with Crippen LogP contribution >= 0.6 is 0 Å². The Balaban J connectivity index is 2.39. The van der Waals surface area contributed by atoms with Gasteiger partial charge >= 0.3 is 5.97 Å². The summed E-state index contributed by atoms with van der Waals surface area (Å²) in [6.07, 6.45) is 4.67. The fraction of sp³-hybridized carbons (Fsp3) is 0.375. The largest absolute Gasteiger partial charge is 0.481 e. The second-order valence-corrected chi connectivity index (χ2v) is 4.89. The molecule has 0 heterocycles. The van der Waals surface area contributed by atoms with Gasteiger partial charge in [0.2, 0.25) is 5.91 Å². The van der Waals surface area contributed by atoms with E-state index in [4.69, 9.17) is 5.11 Å². The minimum Gasteiger partial charge on any atom is -0.481 e. The van der Waals surface area contributed by atoms with Crippen LogP contribution < -0.4 is 5.32 Å². The predicted molar refractivity (Wildman–Crippen MR) is 79.3 cm³/mol. The Morgan fingerprint density at radius 3 is 2.70 bits per heavy atom. The van der Waals surface area contributed by atoms with Crippen LogP contribution in [0.2, 0.25) is 0 Å². The minimum atomic E-state index is -0.803. The van der Waals surface area contributed by atoms with Crippen molar-refractivity contribution < 1.29 is 14.7 Å². The smallest absolute Gasteiger partial charge is 0.303 e. The fourth-order valence-electron chi connectivity index (χ4n) is 1.86. The Bertz CT molecular complexity index is 494. The van der Waals surface area contributed by atoms with Crippen LogP contribution in [0.4, 0.5) is 0 Å². The van der Waals surface area contributed by atoms with Gasteiger partial charge in [-0.15, -0.1) is 0 Å². The molecule has 0 aromatic heterocycles. The van der Waals surface area contributed by atoms with Gasteiger partial charge in [-0.1, -0.05) is 24.3 Å². The first-order valence-corrected chi connectivity index (χ1v) is 6.75. The second kappa shape index (κ2) is 8.15. The molecule has 1 aromatic rings. The highest BCUT2D eigenvalue weighted by molar-refractivity contribution is 5.92. The second-order valence-electron chi connectivity index (χ2n) is 4.89. The van der Waals surface area contributed by atoms with Crippen LogP contribution in [-0.4, -0.2) is 23.0 Å². The van der Waals surface area contributed by atoms with Crippen molar-refractivity contribution in [1.82, 2.24) is 5.32 Å². The molecule has 1 rings (SSSR count). The number of aryl methyl sites for hydroxylation is 1. The third-order valence-corrected chi connectivity index (χ3v) is 3.02. The molecule has 0 aliphatic heterocycles. The van der Waals surface area contributed by atoms with Crippen molar-refractivity contribution in [2.45, 2.75) is 39.2 Å². The SMILES string of the molecule is Cc1ccccc1/C=C/C(=O)NC(C)CCCC(=O)O. The molecule has 4 heteroatoms. The number of rotatable bonds is 7. The van der Waals surface area contributed by atoms with Crippen molar-refractivity contribution in [1.29, 1.82) is 0 Å². The first-order chi connectivity index (χ1) is 9.49. The van der Waals surface area contributed by atoms with E-state index in [1.54, 1.807) is 6.08 Å². The molecule has 0 bridgehead atoms. The van der Waals surface area contributed by atoms with Crippen molar-refractivity contribution in [3.63, 3.8) is 0 Å². The molecule has 4 nitrogen and oxygen atoms in total. The molecule has 0 spiro atoms. The Morgan fingerprint density at radius 1 is 1.35 bits per heavy atom. The number of carbonyl (C=O) groups excluding carboxylic acids is 1. The average molecular weight is 275 g/mol. The molecule has 1 unspecified atom stereocenters. The first kappa shape index (κ1) is 16.0. The van der Waals surface area contributed by atoms with Crippen LogP contribution in [0, 0.1) is 6.92 Å². The summed E-state index contributed by atoms with van der Waals surface area (Å²) in [4.78, 5) is 22.1. The molecular formula is C16H21NO3. The van der Waals surface area contributed by atoms with Crippen molar-refractivity contribution in [3.8, 4) is 0 Å². The summed E-state index contributed by atoms with van der Waals surface area (Å²) >= 11 is 0. The number of amides is 1. The zero-order chi connectivity index (χ0) is 15.0. The lowest BCUT2D eigenvalue weighted by molar-refractivity contribution is -0.137. The number of hydrogen-bond acceptors (Lipinski definition) is 2. The highest BCUT2D eigenvalue weighted by Gasteiger charge is 2.06. The number of carboxylic acids is 1. The monoisotopic (exact) mass is 275 g/mol. The zero-order valence-electron chi connectivity index (χ0n) is 11.9. The van der Waals surface area contributed by atoms with E-state index in [-0.39, 0.29) is 18.4 Å². The maximum Gasteiger partial charge on any atom is 0.303 e. The Labute approximate surface area is 119 Å². The van der Waals surface area contributed by atoms with Crippen LogP contribution in [-0.2, 0) is 9.59 Å². The highest BCUT2D eigenvalue weighted by atomic mass is 16.4. The van der Waals surface area contributed by atoms with Gasteiger partial charge < -0.3 is 10.4 Å². The molecule has 108 valence electrons. The van der Waals surface area contributed by atoms with Gasteiger partial charge in [-0.3, -0.25) is 9.59 Å². The highest BCUT2D eigenvalue weighted by Crippen LogP contribution is 2.08. The molecule has 1 aromatic carbocycles. The molecule has 0 fully saturated rings. The standard InChI is InChI=1S/C16H21NO3/c1-12-6-3-4-8-14(12)10-11-15(18)17-13(2)7-5-9-16(19)20/h3-4,6,8,10-11,13H,5,7,9H2,1-2H3,(H,17,18)(H,19,20)/b11-10+. The Morgan fingerprint density at radius 2 is 2.05 bits per heavy atom. The van der Waals surface area contributed by atoms with Gasteiger partial charge in [0.05, 0.1) is 0 Å². The van der Waals surface area contributed by atoms with Crippen LogP contribution in [0.5, 0.6) is 0 Å². The molecule has 0 radical (unpaired) electrons. The normalized spacial score (nSPS) is 12.3. The van der Waals surface area contributed by atoms with Gasteiger partial charge in [0, 0.05) is 18.5 Å². The minimum absolute atomic E-state index is 0.0247. The summed E-state index contributed by atoms with van der Waals surface area (Å²) in [5.41, 5.74) is 2.13. The molecule has 0 saturated carbocycles. The summed E-state index contributed by atoms with van der Waals surface area (Å²) < 4.78 is 0. The van der Waals surface area contributed by atoms with Crippen molar-refractivity contribution in [2.24, 2.45) is 0 Å². The van der Waals surface area contributed by atoms with Crippen molar-refractivity contribution in [2.75, 3.05) is 0 Å². The lowest BCUT2D eigenvalue weighted by atomic mass is 10.1. The maximum absolute atomic E-state index is 11.7. The van der Waals surface area contributed by atoms with Gasteiger partial charge in [0.25, 0.3) is 0 Å². The first-order valence-electron chi connectivity index (χ1n) is 6.75. The zero-order valence-corrected chi connectivity index (χ0v) is 11.9. The van der Waals surface area contributed by atoms with E-state index in [0.29, 0.717) is 12.8 Å². The van der Waals surface area contributed by atoms with Crippen LogP contribution in [0.25, 0.3) is 6.08 Å². The molecule has 20 heavy (non-hydrogen) atoms. The molecule has 0 saturated heterocycles. The summed E-state index contributed by atoms with van der Waals surface area (Å²) in [6, 6.07) is 7.81. The van der Waals surface area contributed by atoms with Crippen molar-refractivity contribution >= 4 is 18.0 Å². The number of aliphatic carboxylic acids is 1. The Hall–Kier alpha value is -2.10. The van der Waals surface area contributed by atoms with E-state index < -0.39 is 5.97 Å². The lowest BCUT2D eigenvalue weighted by Crippen LogP contribution is -2.31. The summed E-state index contributed by atoms with van der Waals surface area (Å²) in [5, 5.41) is 11.4. The quantitative estimate of drug-likeness (QED) is 0.752. The molecule has 0 aliphatic rings. The maximum atomic E-state index is 11.7. The van der Waals surface area contributed by atoms with Crippen LogP contribution in [0.15, 0.2) is 30.3 Å². The van der Waals surface area contributed by atoms with E-state index in [0.717, 1.165) is 11.1 Å². The van der Waals surface area contributed by atoms with E-state index in [1.165, 1.54) is 6.08 Å². The molecule has 2 N–H and O–H groups in total. The summed E-state index contributed by atoms with van der Waals surface area (Å²) in [7, 11) is 0. The van der Waals surface area contributed by atoms with Crippen LogP contribution in [0.3, 0.4) is 0 Å². The predicted octanol–water partition coefficient (Wildman–Crippen LogP) is 2.77. The third-order valence-electron chi connectivity index (χ3n) is 3.02. The van der Waals surface area contributed by atoms with Gasteiger partial charge in [0.15, 0.2) is 0 Å². The number of carboxylic acid groups (broad SMARTS) is 1. The van der Waals surface area contributed by atoms with Crippen LogP contribution in [0.1, 0.15) is 37.3 Å². The van der Waals surface area contributed by atoms with Gasteiger partial charge in [-0.05, 0) is 43.9 Å². The average Bonchev–Trinajstić information content (AvgIpc) is 2.37. The molecule has 1 atom stereocenters. The van der Waals surface area contributed by atoms with Gasteiger partial charge in [-0.2, -0.15) is 0 Å². The van der Waals surface area contributed by atoms with Gasteiger partial charge in [-0.25, -0.2) is 0 Å².